The highest BCUT2D eigenvalue weighted by molar-refractivity contribution is 6.16. The van der Waals surface area contributed by atoms with Crippen molar-refractivity contribution < 1.29 is 0 Å². The molecule has 11 rings (SSSR count). The molecule has 0 spiro atoms. The van der Waals surface area contributed by atoms with Gasteiger partial charge >= 0.3 is 0 Å². The highest BCUT2D eigenvalue weighted by Gasteiger charge is 2.40. The standard InChI is InChI=1S/C47H32N4/c1-47(2)37-23-11-8-20-33(37)44-43(47)45(35-22-14-26-40-42(35)34-21-10-13-25-39(34)50(40)31-17-4-3-5-18-31)49-46(48-44)51-38-24-12-9-19-32(38)36-27-29-15-6-7-16-30(29)28-41(36)51/h3-28H,1-2H3. The van der Waals surface area contributed by atoms with E-state index < -0.39 is 0 Å². The molecular weight excluding hydrogens is 621 g/mol. The number of hydrogen-bond acceptors (Lipinski definition) is 2. The van der Waals surface area contributed by atoms with Crippen LogP contribution in [-0.4, -0.2) is 19.1 Å². The Morgan fingerprint density at radius 3 is 1.84 bits per heavy atom. The van der Waals surface area contributed by atoms with Crippen LogP contribution in [0.15, 0.2) is 158 Å². The number of benzene rings is 7. The predicted molar refractivity (Wildman–Crippen MR) is 211 cm³/mol. The average Bonchev–Trinajstić information content (AvgIpc) is 3.77. The Balaban J connectivity index is 1.30. The van der Waals surface area contributed by atoms with E-state index in [9.17, 15) is 0 Å². The highest BCUT2D eigenvalue weighted by atomic mass is 15.2. The molecule has 0 radical (unpaired) electrons. The van der Waals surface area contributed by atoms with Crippen molar-refractivity contribution in [2.75, 3.05) is 0 Å². The lowest BCUT2D eigenvalue weighted by Crippen LogP contribution is -2.18. The first-order valence-electron chi connectivity index (χ1n) is 17.6. The molecule has 1 aliphatic rings. The molecule has 10 aromatic rings. The Morgan fingerprint density at radius 2 is 1.04 bits per heavy atom. The van der Waals surface area contributed by atoms with Crippen LogP contribution < -0.4 is 0 Å². The first-order valence-corrected chi connectivity index (χ1v) is 17.6. The number of para-hydroxylation sites is 3. The van der Waals surface area contributed by atoms with Crippen LogP contribution in [0.1, 0.15) is 25.0 Å². The topological polar surface area (TPSA) is 35.6 Å². The van der Waals surface area contributed by atoms with E-state index in [2.05, 4.69) is 181 Å². The number of fused-ring (bicyclic) bond motifs is 10. The molecule has 3 heterocycles. The average molecular weight is 653 g/mol. The van der Waals surface area contributed by atoms with Crippen molar-refractivity contribution in [2.24, 2.45) is 0 Å². The van der Waals surface area contributed by atoms with Gasteiger partial charge < -0.3 is 4.57 Å². The third-order valence-corrected chi connectivity index (χ3v) is 11.1. The van der Waals surface area contributed by atoms with E-state index in [1.54, 1.807) is 0 Å². The van der Waals surface area contributed by atoms with Gasteiger partial charge in [0.1, 0.15) is 0 Å². The lowest BCUT2D eigenvalue weighted by Gasteiger charge is -2.24. The van der Waals surface area contributed by atoms with E-state index in [1.165, 1.54) is 54.5 Å². The fraction of sp³-hybridized carbons (Fsp3) is 0.0638. The Hall–Kier alpha value is -6.52. The van der Waals surface area contributed by atoms with Gasteiger partial charge in [0.05, 0.1) is 33.5 Å². The normalized spacial score (nSPS) is 13.5. The molecule has 7 aromatic carbocycles. The summed E-state index contributed by atoms with van der Waals surface area (Å²) in [5, 5.41) is 7.21. The van der Waals surface area contributed by atoms with E-state index in [1.807, 2.05) is 0 Å². The zero-order chi connectivity index (χ0) is 33.8. The van der Waals surface area contributed by atoms with Crippen molar-refractivity contribution >= 4 is 54.4 Å². The molecule has 1 aliphatic carbocycles. The second kappa shape index (κ2) is 10.3. The lowest BCUT2D eigenvalue weighted by molar-refractivity contribution is 0.657. The highest BCUT2D eigenvalue weighted by Crippen LogP contribution is 2.52. The van der Waals surface area contributed by atoms with Gasteiger partial charge in [-0.05, 0) is 58.8 Å². The number of aromatic nitrogens is 4. The van der Waals surface area contributed by atoms with Gasteiger partial charge in [-0.25, -0.2) is 9.97 Å². The second-order valence-corrected chi connectivity index (χ2v) is 14.2. The van der Waals surface area contributed by atoms with Crippen LogP contribution in [0, 0.1) is 0 Å². The molecule has 3 aromatic heterocycles. The first-order chi connectivity index (χ1) is 25.1. The molecule has 0 aliphatic heterocycles. The fourth-order valence-corrected chi connectivity index (χ4v) is 8.84. The maximum absolute atomic E-state index is 5.70. The smallest absolute Gasteiger partial charge is 0.235 e. The zero-order valence-corrected chi connectivity index (χ0v) is 28.3. The van der Waals surface area contributed by atoms with Crippen LogP contribution in [0.2, 0.25) is 0 Å². The third kappa shape index (κ3) is 3.85. The van der Waals surface area contributed by atoms with Crippen LogP contribution >= 0.6 is 0 Å². The van der Waals surface area contributed by atoms with Crippen molar-refractivity contribution in [3.8, 4) is 34.2 Å². The van der Waals surface area contributed by atoms with Crippen molar-refractivity contribution in [1.29, 1.82) is 0 Å². The monoisotopic (exact) mass is 652 g/mol. The minimum atomic E-state index is -0.309. The van der Waals surface area contributed by atoms with Crippen molar-refractivity contribution in [3.63, 3.8) is 0 Å². The van der Waals surface area contributed by atoms with Gasteiger partial charge in [0.15, 0.2) is 0 Å². The number of rotatable bonds is 3. The summed E-state index contributed by atoms with van der Waals surface area (Å²) in [7, 11) is 0. The summed E-state index contributed by atoms with van der Waals surface area (Å²) in [5.74, 6) is 0.682. The number of nitrogens with zero attached hydrogens (tertiary/aromatic N) is 4. The molecule has 0 fully saturated rings. The minimum Gasteiger partial charge on any atom is -0.309 e. The predicted octanol–water partition coefficient (Wildman–Crippen LogP) is 11.8. The fourth-order valence-electron chi connectivity index (χ4n) is 8.84. The molecule has 0 bridgehead atoms. The van der Waals surface area contributed by atoms with Crippen molar-refractivity contribution in [3.05, 3.63) is 169 Å². The van der Waals surface area contributed by atoms with Gasteiger partial charge in [-0.3, -0.25) is 4.57 Å². The SMILES string of the molecule is CC1(C)c2ccccc2-c2nc(-n3c4ccccc4c4cc5ccccc5cc43)nc(-c3cccc4c3c3ccccc3n4-c3ccccc3)c21. The van der Waals surface area contributed by atoms with Crippen LogP contribution in [0.5, 0.6) is 0 Å². The Kier molecular flexibility index (Phi) is 5.70. The molecule has 0 amide bonds. The number of hydrogen-bond donors (Lipinski definition) is 0. The second-order valence-electron chi connectivity index (χ2n) is 14.2. The Morgan fingerprint density at radius 1 is 0.451 bits per heavy atom. The summed E-state index contributed by atoms with van der Waals surface area (Å²) in [6, 6.07) is 56.7. The van der Waals surface area contributed by atoms with E-state index in [-0.39, 0.29) is 5.41 Å². The molecule has 0 atom stereocenters. The molecule has 0 saturated carbocycles. The summed E-state index contributed by atoms with van der Waals surface area (Å²) < 4.78 is 4.66. The van der Waals surface area contributed by atoms with Gasteiger partial charge in [-0.1, -0.05) is 129 Å². The van der Waals surface area contributed by atoms with Crippen molar-refractivity contribution in [1.82, 2.24) is 19.1 Å². The zero-order valence-electron chi connectivity index (χ0n) is 28.3. The molecule has 4 heteroatoms. The molecular formula is C47H32N4. The largest absolute Gasteiger partial charge is 0.309 e. The van der Waals surface area contributed by atoms with E-state index >= 15 is 0 Å². The summed E-state index contributed by atoms with van der Waals surface area (Å²) in [6.45, 7) is 4.65. The lowest BCUT2D eigenvalue weighted by atomic mass is 9.80. The van der Waals surface area contributed by atoms with Gasteiger partial charge in [-0.15, -0.1) is 0 Å². The van der Waals surface area contributed by atoms with Crippen LogP contribution in [-0.2, 0) is 5.41 Å². The maximum atomic E-state index is 5.70. The quantitative estimate of drug-likeness (QED) is 0.190. The minimum absolute atomic E-state index is 0.309. The van der Waals surface area contributed by atoms with Gasteiger partial charge in [0.2, 0.25) is 5.95 Å². The Bertz CT molecular complexity index is 3050. The molecule has 51 heavy (non-hydrogen) atoms. The van der Waals surface area contributed by atoms with E-state index in [0.29, 0.717) is 5.95 Å². The van der Waals surface area contributed by atoms with Crippen molar-refractivity contribution in [2.45, 2.75) is 19.3 Å². The summed E-state index contributed by atoms with van der Waals surface area (Å²) in [6.07, 6.45) is 0. The molecule has 0 unspecified atom stereocenters. The summed E-state index contributed by atoms with van der Waals surface area (Å²) >= 11 is 0. The van der Waals surface area contributed by atoms with Crippen LogP contribution in [0.4, 0.5) is 0 Å². The maximum Gasteiger partial charge on any atom is 0.235 e. The molecule has 0 N–H and O–H groups in total. The first kappa shape index (κ1) is 28.3. The van der Waals surface area contributed by atoms with Crippen LogP contribution in [0.3, 0.4) is 0 Å². The van der Waals surface area contributed by atoms with Gasteiger partial charge in [-0.2, -0.15) is 0 Å². The van der Waals surface area contributed by atoms with Gasteiger partial charge in [0, 0.05) is 49.3 Å². The summed E-state index contributed by atoms with van der Waals surface area (Å²) in [4.78, 5) is 11.2. The van der Waals surface area contributed by atoms with E-state index in [4.69, 9.17) is 9.97 Å². The molecule has 4 nitrogen and oxygen atoms in total. The molecule has 0 saturated heterocycles. The Labute approximate surface area is 294 Å². The van der Waals surface area contributed by atoms with Gasteiger partial charge in [0.25, 0.3) is 0 Å². The van der Waals surface area contributed by atoms with Crippen LogP contribution in [0.25, 0.3) is 88.5 Å². The molecule has 240 valence electrons. The van der Waals surface area contributed by atoms with E-state index in [0.717, 1.165) is 39.2 Å². The third-order valence-electron chi connectivity index (χ3n) is 11.1. The summed E-state index contributed by atoms with van der Waals surface area (Å²) in [5.41, 5.74) is 12.1.